The third-order valence-electron chi connectivity index (χ3n) is 4.17. The molecule has 0 amide bonds. The summed E-state index contributed by atoms with van der Waals surface area (Å²) in [4.78, 5) is 0. The Hall–Kier alpha value is -1.88. The molecule has 0 spiro atoms. The van der Waals surface area contributed by atoms with Crippen LogP contribution in [-0.2, 0) is 0 Å². The summed E-state index contributed by atoms with van der Waals surface area (Å²) in [6.45, 7) is 2.65. The van der Waals surface area contributed by atoms with Gasteiger partial charge in [0.2, 0.25) is 0 Å². The molecule has 2 N–H and O–H groups in total. The molecule has 0 heterocycles. The molecule has 5 heteroatoms. The molecule has 22 heavy (non-hydrogen) atoms. The predicted molar refractivity (Wildman–Crippen MR) is 93.2 cm³/mol. The van der Waals surface area contributed by atoms with Crippen LogP contribution in [0.25, 0.3) is 0 Å². The molecule has 2 bridgehead atoms. The van der Waals surface area contributed by atoms with Crippen molar-refractivity contribution in [1.29, 1.82) is 0 Å². The maximum Gasteiger partial charge on any atom is 0.187 e. The van der Waals surface area contributed by atoms with Gasteiger partial charge in [-0.15, -0.1) is 0 Å². The summed E-state index contributed by atoms with van der Waals surface area (Å²) in [6, 6.07) is 8.25. The molecule has 0 aliphatic heterocycles. The highest BCUT2D eigenvalue weighted by atomic mass is 32.1. The summed E-state index contributed by atoms with van der Waals surface area (Å²) in [6.07, 6.45) is 8.81. The second-order valence-corrected chi connectivity index (χ2v) is 6.14. The van der Waals surface area contributed by atoms with Crippen molar-refractivity contribution in [3.05, 3.63) is 42.0 Å². The van der Waals surface area contributed by atoms with Crippen molar-refractivity contribution >= 4 is 23.5 Å². The van der Waals surface area contributed by atoms with E-state index in [0.29, 0.717) is 23.7 Å². The Labute approximate surface area is 136 Å². The summed E-state index contributed by atoms with van der Waals surface area (Å²) in [7, 11) is 0. The zero-order valence-electron chi connectivity index (χ0n) is 12.7. The van der Waals surface area contributed by atoms with Crippen molar-refractivity contribution in [3.63, 3.8) is 0 Å². The van der Waals surface area contributed by atoms with Crippen LogP contribution in [0.2, 0.25) is 0 Å². The molecule has 3 rings (SSSR count). The van der Waals surface area contributed by atoms with Crippen molar-refractivity contribution in [2.24, 2.45) is 16.9 Å². The molecule has 4 nitrogen and oxygen atoms in total. The number of nitrogens with one attached hydrogen (secondary N) is 2. The van der Waals surface area contributed by atoms with Gasteiger partial charge in [0.25, 0.3) is 0 Å². The number of fused-ring (bicyclic) bond motifs is 2. The molecule has 0 radical (unpaired) electrons. The average molecular weight is 315 g/mol. The van der Waals surface area contributed by atoms with Crippen molar-refractivity contribution in [3.8, 4) is 5.75 Å². The van der Waals surface area contributed by atoms with E-state index in [2.05, 4.69) is 28.0 Å². The van der Waals surface area contributed by atoms with Crippen LogP contribution in [0.4, 0.5) is 0 Å². The normalized spacial score (nSPS) is 25.6. The molecule has 1 aromatic carbocycles. The standard InChI is InChI=1S/C17H21N3OS/c1-2-21-15-7-4-12(5-8-15)11-18-20-17(22)19-16-10-13-3-6-14(16)9-13/h3-8,11,13-14,16H,2,9-10H2,1H3,(H2,19,20,22)/b18-11-/t13-,14+,16+/m0/s1. The van der Waals surface area contributed by atoms with Crippen molar-refractivity contribution in [1.82, 2.24) is 10.7 Å². The molecular weight excluding hydrogens is 294 g/mol. The van der Waals surface area contributed by atoms with Gasteiger partial charge in [-0.3, -0.25) is 5.43 Å². The number of ether oxygens (including phenoxy) is 1. The molecular formula is C17H21N3OS. The number of hydrogen-bond acceptors (Lipinski definition) is 3. The summed E-state index contributed by atoms with van der Waals surface area (Å²) in [5, 5.41) is 8.13. The SMILES string of the molecule is CCOc1ccc(/C=N\NC(=S)N[C@@H]2C[C@H]3C=C[C@@H]2C3)cc1. The van der Waals surface area contributed by atoms with Crippen LogP contribution in [0, 0.1) is 11.8 Å². The predicted octanol–water partition coefficient (Wildman–Crippen LogP) is 2.85. The van der Waals surface area contributed by atoms with E-state index in [0.717, 1.165) is 17.2 Å². The van der Waals surface area contributed by atoms with Crippen molar-refractivity contribution < 1.29 is 4.74 Å². The zero-order chi connectivity index (χ0) is 15.4. The first-order chi connectivity index (χ1) is 10.7. The fraction of sp³-hybridized carbons (Fsp3) is 0.412. The lowest BCUT2D eigenvalue weighted by Crippen LogP contribution is -2.42. The largest absolute Gasteiger partial charge is 0.494 e. The van der Waals surface area contributed by atoms with E-state index < -0.39 is 0 Å². The fourth-order valence-corrected chi connectivity index (χ4v) is 3.33. The number of hydrogen-bond donors (Lipinski definition) is 2. The van der Waals surface area contributed by atoms with Crippen LogP contribution in [0.15, 0.2) is 41.5 Å². The number of allylic oxidation sites excluding steroid dienone is 1. The van der Waals surface area contributed by atoms with Crippen LogP contribution in [0.5, 0.6) is 5.75 Å². The highest BCUT2D eigenvalue weighted by Crippen LogP contribution is 2.38. The van der Waals surface area contributed by atoms with Crippen LogP contribution in [-0.4, -0.2) is 24.0 Å². The summed E-state index contributed by atoms with van der Waals surface area (Å²) >= 11 is 5.30. The second-order valence-electron chi connectivity index (χ2n) is 5.73. The van der Waals surface area contributed by atoms with Crippen LogP contribution in [0.3, 0.4) is 0 Å². The molecule has 2 aliphatic rings. The zero-order valence-corrected chi connectivity index (χ0v) is 13.5. The summed E-state index contributed by atoms with van der Waals surface area (Å²) in [5.41, 5.74) is 3.89. The first-order valence-electron chi connectivity index (χ1n) is 7.75. The Morgan fingerprint density at radius 2 is 2.14 bits per heavy atom. The molecule has 0 aromatic heterocycles. The van der Waals surface area contributed by atoms with E-state index in [-0.39, 0.29) is 0 Å². The van der Waals surface area contributed by atoms with Crippen LogP contribution >= 0.6 is 12.2 Å². The molecule has 1 fully saturated rings. The van der Waals surface area contributed by atoms with E-state index >= 15 is 0 Å². The van der Waals surface area contributed by atoms with Gasteiger partial charge in [0.1, 0.15) is 5.75 Å². The minimum absolute atomic E-state index is 0.454. The van der Waals surface area contributed by atoms with Crippen LogP contribution < -0.4 is 15.5 Å². The van der Waals surface area contributed by atoms with Gasteiger partial charge in [0.15, 0.2) is 5.11 Å². The molecule has 3 atom stereocenters. The van der Waals surface area contributed by atoms with E-state index in [1.807, 2.05) is 31.2 Å². The maximum absolute atomic E-state index is 5.41. The Bertz CT molecular complexity index is 582. The monoisotopic (exact) mass is 315 g/mol. The number of nitrogens with zero attached hydrogens (tertiary/aromatic N) is 1. The molecule has 0 saturated heterocycles. The highest BCUT2D eigenvalue weighted by molar-refractivity contribution is 7.80. The number of rotatable bonds is 5. The van der Waals surface area contributed by atoms with Gasteiger partial charge in [0.05, 0.1) is 12.8 Å². The minimum Gasteiger partial charge on any atom is -0.494 e. The molecule has 116 valence electrons. The van der Waals surface area contributed by atoms with E-state index in [9.17, 15) is 0 Å². The quantitative estimate of drug-likeness (QED) is 0.380. The van der Waals surface area contributed by atoms with E-state index in [4.69, 9.17) is 17.0 Å². The van der Waals surface area contributed by atoms with Gasteiger partial charge < -0.3 is 10.1 Å². The number of thiocarbonyl (C=S) groups is 1. The van der Waals surface area contributed by atoms with Gasteiger partial charge in [-0.2, -0.15) is 5.10 Å². The first-order valence-corrected chi connectivity index (χ1v) is 8.16. The third-order valence-corrected chi connectivity index (χ3v) is 4.38. The molecule has 1 saturated carbocycles. The van der Waals surface area contributed by atoms with Gasteiger partial charge in [-0.1, -0.05) is 12.2 Å². The minimum atomic E-state index is 0.454. The lowest BCUT2D eigenvalue weighted by atomic mass is 10.0. The van der Waals surface area contributed by atoms with Gasteiger partial charge in [-0.05, 0) is 73.6 Å². The maximum atomic E-state index is 5.41. The third kappa shape index (κ3) is 3.65. The Morgan fingerprint density at radius 3 is 2.77 bits per heavy atom. The van der Waals surface area contributed by atoms with Crippen LogP contribution in [0.1, 0.15) is 25.3 Å². The highest BCUT2D eigenvalue weighted by Gasteiger charge is 2.35. The lowest BCUT2D eigenvalue weighted by molar-refractivity contribution is 0.340. The molecule has 1 aromatic rings. The summed E-state index contributed by atoms with van der Waals surface area (Å²) < 4.78 is 5.41. The van der Waals surface area contributed by atoms with E-state index in [1.165, 1.54) is 12.8 Å². The molecule has 2 aliphatic carbocycles. The topological polar surface area (TPSA) is 45.6 Å². The lowest BCUT2D eigenvalue weighted by Gasteiger charge is -2.20. The van der Waals surface area contributed by atoms with Crippen molar-refractivity contribution in [2.45, 2.75) is 25.8 Å². The average Bonchev–Trinajstić information content (AvgIpc) is 3.12. The van der Waals surface area contributed by atoms with Gasteiger partial charge in [-0.25, -0.2) is 0 Å². The number of hydrazone groups is 1. The first kappa shape index (κ1) is 15.0. The Morgan fingerprint density at radius 1 is 1.32 bits per heavy atom. The fourth-order valence-electron chi connectivity index (χ4n) is 3.13. The van der Waals surface area contributed by atoms with Gasteiger partial charge >= 0.3 is 0 Å². The smallest absolute Gasteiger partial charge is 0.187 e. The number of benzene rings is 1. The van der Waals surface area contributed by atoms with Crippen molar-refractivity contribution in [2.75, 3.05) is 6.61 Å². The van der Waals surface area contributed by atoms with Gasteiger partial charge in [0, 0.05) is 6.04 Å². The van der Waals surface area contributed by atoms with E-state index in [1.54, 1.807) is 6.21 Å². The molecule has 0 unspecified atom stereocenters. The second kappa shape index (κ2) is 6.92. The Kier molecular flexibility index (Phi) is 4.73. The summed E-state index contributed by atoms with van der Waals surface area (Å²) in [5.74, 6) is 2.23. The Balaban J connectivity index is 1.45.